The number of halogens is 8. The summed E-state index contributed by atoms with van der Waals surface area (Å²) in [6.45, 7) is 10.1. The topological polar surface area (TPSA) is 280 Å². The van der Waals surface area contributed by atoms with E-state index in [1.165, 1.54) is 117 Å². The molecule has 20 aromatic rings. The highest BCUT2D eigenvalue weighted by atomic mass is 19.2. The first-order valence-electron chi connectivity index (χ1n) is 42.1. The third kappa shape index (κ3) is 17.6. The van der Waals surface area contributed by atoms with Crippen molar-refractivity contribution < 1.29 is 62.7 Å². The second-order valence-corrected chi connectivity index (χ2v) is 31.8. The first-order chi connectivity index (χ1) is 64.4. The highest BCUT2D eigenvalue weighted by molar-refractivity contribution is 6.02. The van der Waals surface area contributed by atoms with Crippen LogP contribution in [0, 0.1) is 46.5 Å². The number of piperazine rings is 1. The number of benzene rings is 7. The number of H-pyrrole nitrogens is 4. The second-order valence-electron chi connectivity index (χ2n) is 31.8. The SMILES string of the molecule is CC(=O)Nc1ccc(-c2cnc3[nH]cc(-c4oncc4-c4cccc(F)c4F)c3c2)cc1.CN1CCN(Cc2ccc(-c3cnc4[nH]cc(-c5oncc5-c5cccc(F)c5F)c4c3)cc2)CC1.COc1cncc(-c2cnc3[nH]cc(-c4oncc4-c4cccc(F)c4F)c3c2)c1.Fc1cccc(-c2cnoc2-c2c[nH]c3ncc(-c4ccc(CN5CCCC5)cc4)cc23)c1F. The molecule has 2 aliphatic rings. The number of nitrogens with zero attached hydrogens (tertiary/aromatic N) is 12. The lowest BCUT2D eigenvalue weighted by Gasteiger charge is -2.32. The summed E-state index contributed by atoms with van der Waals surface area (Å²) >= 11 is 0. The van der Waals surface area contributed by atoms with Crippen LogP contribution in [0.2, 0.25) is 0 Å². The van der Waals surface area contributed by atoms with Gasteiger partial charge in [0.2, 0.25) is 5.91 Å². The Balaban J connectivity index is 0.000000114. The van der Waals surface area contributed by atoms with Crippen molar-refractivity contribution in [3.8, 4) is 140 Å². The average molecular weight is 1780 g/mol. The molecule has 23 nitrogen and oxygen atoms in total. The van der Waals surface area contributed by atoms with Crippen LogP contribution in [0.5, 0.6) is 5.75 Å². The van der Waals surface area contributed by atoms with Crippen molar-refractivity contribution in [2.45, 2.75) is 32.9 Å². The maximum absolute atomic E-state index is 14.5. The van der Waals surface area contributed by atoms with E-state index in [9.17, 15) is 39.9 Å². The minimum absolute atomic E-state index is 0.0632. The molecular weight excluding hydrogens is 1700 g/mol. The molecule has 658 valence electrons. The normalized spacial score (nSPS) is 13.0. The van der Waals surface area contributed by atoms with Crippen LogP contribution in [-0.2, 0) is 17.9 Å². The molecule has 7 aromatic carbocycles. The maximum Gasteiger partial charge on any atom is 0.221 e. The predicted octanol–water partition coefficient (Wildman–Crippen LogP) is 23.0. The fourth-order valence-electron chi connectivity index (χ4n) is 16.5. The number of carbonyl (C=O) groups excluding carboxylic acids is 1. The molecule has 0 spiro atoms. The van der Waals surface area contributed by atoms with E-state index in [1.54, 1.807) is 68.8 Å². The van der Waals surface area contributed by atoms with Gasteiger partial charge in [0, 0.05) is 202 Å². The summed E-state index contributed by atoms with van der Waals surface area (Å²) in [5, 5.41) is 21.2. The molecule has 5 N–H and O–H groups in total. The number of pyridine rings is 5. The van der Waals surface area contributed by atoms with Crippen molar-refractivity contribution in [2.75, 3.05) is 58.7 Å². The number of likely N-dealkylation sites (tertiary alicyclic amines) is 1. The summed E-state index contributed by atoms with van der Waals surface area (Å²) in [7, 11) is 3.74. The number of fused-ring (bicyclic) bond motifs is 4. The van der Waals surface area contributed by atoms with Crippen molar-refractivity contribution in [2.24, 2.45) is 0 Å². The molecule has 0 aliphatic carbocycles. The van der Waals surface area contributed by atoms with Crippen LogP contribution in [0.15, 0.2) is 281 Å². The number of methoxy groups -OCH3 is 1. The van der Waals surface area contributed by atoms with Crippen molar-refractivity contribution in [1.82, 2.24) is 80.2 Å². The Morgan fingerprint density at radius 1 is 0.356 bits per heavy atom. The number of anilines is 1. The van der Waals surface area contributed by atoms with Crippen LogP contribution in [0.4, 0.5) is 40.8 Å². The van der Waals surface area contributed by atoms with E-state index in [1.807, 2.05) is 54.9 Å². The van der Waals surface area contributed by atoms with Gasteiger partial charge in [0.15, 0.2) is 69.6 Å². The van der Waals surface area contributed by atoms with Gasteiger partial charge in [0.05, 0.1) is 60.3 Å². The van der Waals surface area contributed by atoms with E-state index in [0.717, 1.165) is 130 Å². The minimum Gasteiger partial charge on any atom is -0.495 e. The Morgan fingerprint density at radius 3 is 0.992 bits per heavy atom. The second kappa shape index (κ2) is 37.3. The molecule has 2 aliphatic heterocycles. The van der Waals surface area contributed by atoms with Gasteiger partial charge in [-0.3, -0.25) is 19.6 Å². The summed E-state index contributed by atoms with van der Waals surface area (Å²) in [6.07, 6.45) is 25.4. The first-order valence-corrected chi connectivity index (χ1v) is 42.1. The zero-order chi connectivity index (χ0) is 90.6. The summed E-state index contributed by atoms with van der Waals surface area (Å²) in [4.78, 5) is 53.2. The number of likely N-dealkylation sites (N-methyl/N-ethyl adjacent to an activating group) is 1. The number of aromatic amines is 4. The van der Waals surface area contributed by atoms with E-state index < -0.39 is 46.5 Å². The van der Waals surface area contributed by atoms with Gasteiger partial charge >= 0.3 is 0 Å². The monoisotopic (exact) mass is 1780 g/mol. The fourth-order valence-corrected chi connectivity index (χ4v) is 16.5. The summed E-state index contributed by atoms with van der Waals surface area (Å²) in [6, 6.07) is 50.3. The van der Waals surface area contributed by atoms with Crippen LogP contribution in [0.25, 0.3) is 178 Å². The summed E-state index contributed by atoms with van der Waals surface area (Å²) in [5.41, 5.74) is 17.6. The Labute approximate surface area is 746 Å². The third-order valence-corrected chi connectivity index (χ3v) is 23.4. The third-order valence-electron chi connectivity index (χ3n) is 23.4. The van der Waals surface area contributed by atoms with Gasteiger partial charge in [-0.2, -0.15) is 0 Å². The lowest BCUT2D eigenvalue weighted by atomic mass is 10.00. The zero-order valence-electron chi connectivity index (χ0n) is 70.7. The smallest absolute Gasteiger partial charge is 0.221 e. The number of rotatable bonds is 18. The Morgan fingerprint density at radius 2 is 0.667 bits per heavy atom. The first kappa shape index (κ1) is 85.3. The fraction of sp³-hybridized carbons (Fsp3) is 0.129. The van der Waals surface area contributed by atoms with Crippen LogP contribution >= 0.6 is 0 Å². The van der Waals surface area contributed by atoms with Gasteiger partial charge < -0.3 is 53.0 Å². The maximum atomic E-state index is 14.5. The van der Waals surface area contributed by atoms with Gasteiger partial charge in [0.25, 0.3) is 0 Å². The van der Waals surface area contributed by atoms with Crippen molar-refractivity contribution >= 4 is 55.7 Å². The van der Waals surface area contributed by atoms with Gasteiger partial charge in [-0.25, -0.2) is 55.1 Å². The molecule has 2 fully saturated rings. The molecule has 0 unspecified atom stereocenters. The highest BCUT2D eigenvalue weighted by Crippen LogP contribution is 2.45. The van der Waals surface area contributed by atoms with Gasteiger partial charge in [-0.15, -0.1) is 0 Å². The quantitative estimate of drug-likeness (QED) is 0.0499. The van der Waals surface area contributed by atoms with Crippen LogP contribution < -0.4 is 10.1 Å². The molecule has 15 heterocycles. The van der Waals surface area contributed by atoms with Gasteiger partial charge in [0.1, 0.15) is 28.3 Å². The van der Waals surface area contributed by atoms with Crippen LogP contribution in [-0.4, -0.2) is 140 Å². The van der Waals surface area contributed by atoms with E-state index in [0.29, 0.717) is 102 Å². The molecule has 13 aromatic heterocycles. The Kier molecular flexibility index (Phi) is 24.1. The molecule has 22 rings (SSSR count). The van der Waals surface area contributed by atoms with Gasteiger partial charge in [-0.05, 0) is 128 Å². The largest absolute Gasteiger partial charge is 0.495 e. The Hall–Kier alpha value is -16.1. The molecule has 0 bridgehead atoms. The van der Waals surface area contributed by atoms with E-state index >= 15 is 0 Å². The number of hydrogen-bond donors (Lipinski definition) is 5. The summed E-state index contributed by atoms with van der Waals surface area (Å²) in [5.74, 6) is -5.68. The number of aromatic nitrogens is 13. The molecule has 31 heteroatoms. The number of amides is 1. The Bertz CT molecular complexity index is 7600. The lowest BCUT2D eigenvalue weighted by molar-refractivity contribution is -0.114. The van der Waals surface area contributed by atoms with Crippen molar-refractivity contribution in [3.63, 3.8) is 0 Å². The average Bonchev–Trinajstić information content (AvgIpc) is 1.63. The lowest BCUT2D eigenvalue weighted by Crippen LogP contribution is -2.43. The van der Waals surface area contributed by atoms with E-state index in [-0.39, 0.29) is 28.2 Å². The number of nitrogens with one attached hydrogen (secondary N) is 5. The number of ether oxygens (including phenoxy) is 1. The molecule has 1 amide bonds. The molecule has 0 atom stereocenters. The van der Waals surface area contributed by atoms with Crippen molar-refractivity contribution in [1.29, 1.82) is 0 Å². The highest BCUT2D eigenvalue weighted by Gasteiger charge is 2.28. The molecule has 0 radical (unpaired) electrons. The van der Waals surface area contributed by atoms with Crippen molar-refractivity contribution in [3.05, 3.63) is 320 Å². The standard InChI is InChI=1S/C28H25F2N5O.C27H22F2N4O.C24H16F2N4O2.C22H14F2N4O2/c1-34-9-11-35(12-10-34)17-18-5-7-19(8-6-18)20-13-22-23(15-32-28(22)31-14-20)27-24(16-33-36-27)21-3-2-4-25(29)26(21)30;28-24-5-3-4-20(25(24)29)23-15-32-34-26(23)22-14-31-27-21(22)12-19(13-30-27)18-8-6-17(7-9-18)16-33-10-1-2-11-33;1-13(31)30-16-7-5-14(6-8-16)15-9-18-19(11-28-24(18)27-10-15)23-20(12-29-32-23)17-3-2-4-21(25)22(17)26;1-29-14-5-12(7-25-9-14)13-6-16-17(10-27-22(16)26-8-13)21-18(11-28-30-21)15-3-2-4-19(23)20(15)24/h2-8,13-16H,9-12,17H2,1H3,(H,31,32);3-9,12-15H,1-2,10-11,16H2,(H,30,31);2-12H,1H3,(H,27,28)(H,30,31);2-11H,1H3,(H,26,27). The number of hydrogen-bond acceptors (Lipinski definition) is 18. The molecule has 2 saturated heterocycles. The van der Waals surface area contributed by atoms with Gasteiger partial charge in [-0.1, -0.05) is 130 Å². The van der Waals surface area contributed by atoms with E-state index in [2.05, 4.69) is 141 Å². The molecule has 0 saturated carbocycles. The van der Waals surface area contributed by atoms with Crippen LogP contribution in [0.1, 0.15) is 30.9 Å². The predicted molar refractivity (Wildman–Crippen MR) is 485 cm³/mol. The van der Waals surface area contributed by atoms with E-state index in [4.69, 9.17) is 22.8 Å². The van der Waals surface area contributed by atoms with Crippen LogP contribution in [0.3, 0.4) is 0 Å². The molecular formula is C101H77F8N17O6. The summed E-state index contributed by atoms with van der Waals surface area (Å²) < 4.78 is 140. The zero-order valence-corrected chi connectivity index (χ0v) is 70.7. The molecule has 132 heavy (non-hydrogen) atoms. The minimum atomic E-state index is -0.963. The number of carbonyl (C=O) groups is 1.